The molecule has 1 unspecified atom stereocenters. The number of rotatable bonds is 7. The summed E-state index contributed by atoms with van der Waals surface area (Å²) in [7, 11) is 1.67. The maximum absolute atomic E-state index is 13.0. The van der Waals surface area contributed by atoms with Crippen LogP contribution in [0.1, 0.15) is 50.1 Å². The van der Waals surface area contributed by atoms with Crippen LogP contribution in [-0.4, -0.2) is 56.2 Å². The van der Waals surface area contributed by atoms with Crippen molar-refractivity contribution in [2.45, 2.75) is 50.6 Å². The molecule has 2 saturated heterocycles. The molecular weight excluding hydrogens is 428 g/mol. The van der Waals surface area contributed by atoms with Gasteiger partial charge in [0.25, 0.3) is 0 Å². The molecule has 2 aromatic carbocycles. The van der Waals surface area contributed by atoms with E-state index in [4.69, 9.17) is 4.74 Å². The average molecular weight is 465 g/mol. The monoisotopic (exact) mass is 464 g/mol. The van der Waals surface area contributed by atoms with E-state index < -0.39 is 0 Å². The highest BCUT2D eigenvalue weighted by Gasteiger charge is 2.25. The molecule has 7 heteroatoms. The number of nitrogens with zero attached hydrogens (tertiary/aromatic N) is 2. The molecule has 2 fully saturated rings. The number of urea groups is 1. The van der Waals surface area contributed by atoms with Gasteiger partial charge in [-0.25, -0.2) is 4.79 Å². The number of hydrogen-bond donors (Lipinski definition) is 2. The molecule has 2 heterocycles. The highest BCUT2D eigenvalue weighted by atomic mass is 16.5. The summed E-state index contributed by atoms with van der Waals surface area (Å²) in [5.74, 6) is 1.04. The first-order valence-corrected chi connectivity index (χ1v) is 12.4. The Bertz CT molecular complexity index is 927. The summed E-state index contributed by atoms with van der Waals surface area (Å²) in [6, 6.07) is 17.8. The molecule has 0 spiro atoms. The first-order chi connectivity index (χ1) is 16.6. The summed E-state index contributed by atoms with van der Waals surface area (Å²) >= 11 is 0. The van der Waals surface area contributed by atoms with Crippen molar-refractivity contribution in [1.82, 2.24) is 15.5 Å². The highest BCUT2D eigenvalue weighted by molar-refractivity contribution is 5.77. The summed E-state index contributed by atoms with van der Waals surface area (Å²) in [4.78, 5) is 29.8. The highest BCUT2D eigenvalue weighted by Crippen LogP contribution is 2.23. The van der Waals surface area contributed by atoms with Gasteiger partial charge in [0.1, 0.15) is 5.75 Å². The smallest absolute Gasteiger partial charge is 0.315 e. The Kier molecular flexibility index (Phi) is 8.28. The minimum absolute atomic E-state index is 0.130. The fourth-order valence-electron chi connectivity index (χ4n) is 4.83. The standard InChI is InChI=1S/C27H36N4O3/c1-34-24-13-11-23(12-14-24)30-18-15-22(16-19-30)28-27(33)29-25(21-8-4-2-5-9-21)20-31-17-7-3-6-10-26(31)32/h2,4-5,8-9,11-14,22,25H,3,6-7,10,15-20H2,1H3,(H2,28,29,33). The number of nitrogens with one attached hydrogen (secondary N) is 2. The van der Waals surface area contributed by atoms with E-state index in [1.807, 2.05) is 47.4 Å². The number of anilines is 1. The van der Waals surface area contributed by atoms with Gasteiger partial charge in [-0.3, -0.25) is 4.79 Å². The number of methoxy groups -OCH3 is 1. The lowest BCUT2D eigenvalue weighted by molar-refractivity contribution is -0.131. The lowest BCUT2D eigenvalue weighted by Gasteiger charge is -2.34. The Morgan fingerprint density at radius 1 is 1.00 bits per heavy atom. The van der Waals surface area contributed by atoms with Crippen molar-refractivity contribution >= 4 is 17.6 Å². The average Bonchev–Trinajstić information content (AvgIpc) is 3.08. The van der Waals surface area contributed by atoms with Crippen LogP contribution in [0.4, 0.5) is 10.5 Å². The molecule has 7 nitrogen and oxygen atoms in total. The van der Waals surface area contributed by atoms with E-state index in [0.29, 0.717) is 13.0 Å². The summed E-state index contributed by atoms with van der Waals surface area (Å²) in [5, 5.41) is 6.32. The van der Waals surface area contributed by atoms with Crippen molar-refractivity contribution < 1.29 is 14.3 Å². The van der Waals surface area contributed by atoms with E-state index in [2.05, 4.69) is 27.7 Å². The number of piperidine rings is 1. The van der Waals surface area contributed by atoms with E-state index in [9.17, 15) is 9.59 Å². The Morgan fingerprint density at radius 2 is 1.74 bits per heavy atom. The van der Waals surface area contributed by atoms with E-state index in [-0.39, 0.29) is 24.0 Å². The number of ether oxygens (including phenoxy) is 1. The van der Waals surface area contributed by atoms with Gasteiger partial charge in [0.15, 0.2) is 0 Å². The third-order valence-electron chi connectivity index (χ3n) is 6.85. The summed E-state index contributed by atoms with van der Waals surface area (Å²) in [6.07, 6.45) is 5.43. The van der Waals surface area contributed by atoms with Gasteiger partial charge >= 0.3 is 6.03 Å². The van der Waals surface area contributed by atoms with Crippen LogP contribution in [0.5, 0.6) is 5.75 Å². The van der Waals surface area contributed by atoms with Gasteiger partial charge in [-0.1, -0.05) is 36.8 Å². The molecule has 2 aromatic rings. The molecule has 0 saturated carbocycles. The van der Waals surface area contributed by atoms with Crippen LogP contribution in [0.25, 0.3) is 0 Å². The molecule has 1 atom stereocenters. The minimum atomic E-state index is -0.234. The Balaban J connectivity index is 1.32. The van der Waals surface area contributed by atoms with Crippen LogP contribution < -0.4 is 20.3 Å². The molecule has 2 aliphatic heterocycles. The second kappa shape index (κ2) is 11.8. The molecule has 2 N–H and O–H groups in total. The van der Waals surface area contributed by atoms with Crippen molar-refractivity contribution in [2.24, 2.45) is 0 Å². The van der Waals surface area contributed by atoms with Crippen LogP contribution in [0.3, 0.4) is 0 Å². The van der Waals surface area contributed by atoms with E-state index in [1.54, 1.807) is 7.11 Å². The number of carbonyl (C=O) groups excluding carboxylic acids is 2. The summed E-state index contributed by atoms with van der Waals surface area (Å²) in [6.45, 7) is 3.05. The van der Waals surface area contributed by atoms with Crippen molar-refractivity contribution in [3.63, 3.8) is 0 Å². The SMILES string of the molecule is COc1ccc(N2CCC(NC(=O)NC(CN3CCCCCC3=O)c3ccccc3)CC2)cc1. The Hall–Kier alpha value is -3.22. The van der Waals surface area contributed by atoms with Crippen molar-refractivity contribution in [3.05, 3.63) is 60.2 Å². The van der Waals surface area contributed by atoms with Gasteiger partial charge in [0.2, 0.25) is 5.91 Å². The minimum Gasteiger partial charge on any atom is -0.497 e. The first-order valence-electron chi connectivity index (χ1n) is 12.4. The lowest BCUT2D eigenvalue weighted by atomic mass is 10.0. The van der Waals surface area contributed by atoms with Crippen molar-refractivity contribution in [1.29, 1.82) is 0 Å². The Morgan fingerprint density at radius 3 is 2.44 bits per heavy atom. The van der Waals surface area contributed by atoms with E-state index in [0.717, 1.165) is 63.1 Å². The largest absolute Gasteiger partial charge is 0.497 e. The third kappa shape index (κ3) is 6.43. The predicted octanol–water partition coefficient (Wildman–Crippen LogP) is 4.11. The summed E-state index contributed by atoms with van der Waals surface area (Å²) in [5.41, 5.74) is 2.19. The van der Waals surface area contributed by atoms with Crippen LogP contribution in [0.15, 0.2) is 54.6 Å². The maximum atomic E-state index is 13.0. The van der Waals surface area contributed by atoms with Crippen molar-refractivity contribution in [2.75, 3.05) is 38.2 Å². The molecule has 0 radical (unpaired) electrons. The fourth-order valence-corrected chi connectivity index (χ4v) is 4.83. The molecular formula is C27H36N4O3. The normalized spacial score (nSPS) is 18.2. The van der Waals surface area contributed by atoms with Crippen LogP contribution >= 0.6 is 0 Å². The molecule has 4 rings (SSSR count). The number of likely N-dealkylation sites (tertiary alicyclic amines) is 1. The van der Waals surface area contributed by atoms with Gasteiger partial charge in [-0.15, -0.1) is 0 Å². The fraction of sp³-hybridized carbons (Fsp3) is 0.481. The van der Waals surface area contributed by atoms with Gasteiger partial charge in [-0.2, -0.15) is 0 Å². The van der Waals surface area contributed by atoms with Crippen LogP contribution in [0, 0.1) is 0 Å². The quantitative estimate of drug-likeness (QED) is 0.647. The zero-order valence-electron chi connectivity index (χ0n) is 20.0. The third-order valence-corrected chi connectivity index (χ3v) is 6.85. The number of hydrogen-bond acceptors (Lipinski definition) is 4. The van der Waals surface area contributed by atoms with Crippen LogP contribution in [-0.2, 0) is 4.79 Å². The zero-order valence-corrected chi connectivity index (χ0v) is 20.0. The molecule has 3 amide bonds. The number of carbonyl (C=O) groups is 2. The van der Waals surface area contributed by atoms with Gasteiger partial charge < -0.3 is 25.2 Å². The molecule has 0 bridgehead atoms. The molecule has 34 heavy (non-hydrogen) atoms. The Labute approximate surface area is 202 Å². The van der Waals surface area contributed by atoms with Crippen molar-refractivity contribution in [3.8, 4) is 5.75 Å². The topological polar surface area (TPSA) is 73.9 Å². The molecule has 2 aliphatic rings. The van der Waals surface area contributed by atoms with Crippen LogP contribution in [0.2, 0.25) is 0 Å². The predicted molar refractivity (Wildman–Crippen MR) is 134 cm³/mol. The molecule has 182 valence electrons. The number of benzene rings is 2. The van der Waals surface area contributed by atoms with E-state index >= 15 is 0 Å². The van der Waals surface area contributed by atoms with Gasteiger partial charge in [0.05, 0.1) is 13.2 Å². The summed E-state index contributed by atoms with van der Waals surface area (Å²) < 4.78 is 5.25. The van der Waals surface area contributed by atoms with E-state index in [1.165, 1.54) is 5.69 Å². The second-order valence-corrected chi connectivity index (χ2v) is 9.19. The number of amides is 3. The second-order valence-electron chi connectivity index (χ2n) is 9.19. The van der Waals surface area contributed by atoms with Gasteiger partial charge in [-0.05, 0) is 55.5 Å². The lowest BCUT2D eigenvalue weighted by Crippen LogP contribution is -2.50. The zero-order chi connectivity index (χ0) is 23.8. The van der Waals surface area contributed by atoms with Gasteiger partial charge in [0, 0.05) is 44.3 Å². The molecule has 0 aromatic heterocycles. The maximum Gasteiger partial charge on any atom is 0.315 e. The first kappa shape index (κ1) is 23.9. The molecule has 0 aliphatic carbocycles.